The molecule has 1 aromatic rings. The number of hydrogen-bond acceptors (Lipinski definition) is 2. The van der Waals surface area contributed by atoms with Gasteiger partial charge in [0.1, 0.15) is 0 Å². The number of fused-ring (bicyclic) bond motifs is 1. The van der Waals surface area contributed by atoms with E-state index in [-0.39, 0.29) is 5.78 Å². The van der Waals surface area contributed by atoms with Gasteiger partial charge < -0.3 is 4.57 Å². The van der Waals surface area contributed by atoms with E-state index >= 15 is 0 Å². The van der Waals surface area contributed by atoms with E-state index in [9.17, 15) is 4.79 Å². The van der Waals surface area contributed by atoms with Crippen molar-refractivity contribution >= 4 is 5.78 Å². The van der Waals surface area contributed by atoms with Crippen molar-refractivity contribution < 1.29 is 4.79 Å². The van der Waals surface area contributed by atoms with Crippen molar-refractivity contribution in [2.75, 3.05) is 19.6 Å². The molecule has 2 fully saturated rings. The Morgan fingerprint density at radius 1 is 1.26 bits per heavy atom. The molecule has 0 amide bonds. The first-order valence-corrected chi connectivity index (χ1v) is 7.61. The van der Waals surface area contributed by atoms with Gasteiger partial charge in [0.2, 0.25) is 0 Å². The van der Waals surface area contributed by atoms with Crippen molar-refractivity contribution in [1.82, 2.24) is 9.47 Å². The first-order chi connectivity index (χ1) is 9.24. The lowest BCUT2D eigenvalue weighted by molar-refractivity contribution is 0.0707. The van der Waals surface area contributed by atoms with Gasteiger partial charge in [-0.2, -0.15) is 0 Å². The zero-order valence-corrected chi connectivity index (χ0v) is 11.8. The van der Waals surface area contributed by atoms with Gasteiger partial charge in [0, 0.05) is 19.8 Å². The Balaban J connectivity index is 1.59. The smallest absolute Gasteiger partial charge is 0.193 e. The zero-order chi connectivity index (χ0) is 13.2. The van der Waals surface area contributed by atoms with E-state index in [0.717, 1.165) is 30.6 Å². The topological polar surface area (TPSA) is 25.2 Å². The normalized spacial score (nSPS) is 28.1. The summed E-state index contributed by atoms with van der Waals surface area (Å²) >= 11 is 0. The van der Waals surface area contributed by atoms with E-state index in [4.69, 9.17) is 0 Å². The minimum absolute atomic E-state index is 0.266. The highest BCUT2D eigenvalue weighted by molar-refractivity contribution is 5.96. The molecule has 0 spiro atoms. The summed E-state index contributed by atoms with van der Waals surface area (Å²) in [6.45, 7) is 2.85. The molecule has 0 aromatic carbocycles. The molecule has 2 aliphatic rings. The van der Waals surface area contributed by atoms with Crippen LogP contribution in [-0.4, -0.2) is 34.9 Å². The Kier molecular flexibility index (Phi) is 3.74. The van der Waals surface area contributed by atoms with Crippen molar-refractivity contribution in [3.05, 3.63) is 24.0 Å². The summed E-state index contributed by atoms with van der Waals surface area (Å²) < 4.78 is 1.93. The highest BCUT2D eigenvalue weighted by Crippen LogP contribution is 2.35. The fourth-order valence-corrected chi connectivity index (χ4v) is 3.85. The third-order valence-electron chi connectivity index (χ3n) is 4.97. The summed E-state index contributed by atoms with van der Waals surface area (Å²) in [4.78, 5) is 14.7. The van der Waals surface area contributed by atoms with Crippen LogP contribution in [0.5, 0.6) is 0 Å². The predicted octanol–water partition coefficient (Wildman–Crippen LogP) is 2.72. The molecule has 0 bridgehead atoms. The van der Waals surface area contributed by atoms with Crippen LogP contribution in [0.2, 0.25) is 0 Å². The molecule has 2 atom stereocenters. The number of rotatable bonds is 3. The number of ketones is 1. The lowest BCUT2D eigenvalue weighted by Gasteiger charge is -2.41. The fraction of sp³-hybridized carbons (Fsp3) is 0.688. The van der Waals surface area contributed by atoms with Crippen molar-refractivity contribution in [3.63, 3.8) is 0 Å². The zero-order valence-electron chi connectivity index (χ0n) is 11.8. The predicted molar refractivity (Wildman–Crippen MR) is 76.2 cm³/mol. The maximum absolute atomic E-state index is 12.3. The standard InChI is InChI=1S/C16H24N2O/c1-17-9-4-7-15(17)16(19)12-18-10-8-13-5-2-3-6-14(13)11-18/h4,7,9,13-14H,2-3,5-6,8,10-12H2,1H3/t13-,14-/m0/s1. The second kappa shape index (κ2) is 5.49. The molecule has 2 heterocycles. The van der Waals surface area contributed by atoms with Crippen molar-refractivity contribution in [3.8, 4) is 0 Å². The van der Waals surface area contributed by atoms with Gasteiger partial charge in [-0.05, 0) is 43.4 Å². The van der Waals surface area contributed by atoms with Crippen LogP contribution in [0, 0.1) is 11.8 Å². The van der Waals surface area contributed by atoms with Gasteiger partial charge in [-0.25, -0.2) is 0 Å². The van der Waals surface area contributed by atoms with Crippen LogP contribution in [0.4, 0.5) is 0 Å². The number of carbonyl (C=O) groups is 1. The van der Waals surface area contributed by atoms with Crippen LogP contribution in [0.15, 0.2) is 18.3 Å². The van der Waals surface area contributed by atoms with E-state index in [1.54, 1.807) is 0 Å². The summed E-state index contributed by atoms with van der Waals surface area (Å²) in [5.74, 6) is 2.06. The van der Waals surface area contributed by atoms with E-state index < -0.39 is 0 Å². The molecule has 19 heavy (non-hydrogen) atoms. The molecule has 1 saturated heterocycles. The first-order valence-electron chi connectivity index (χ1n) is 7.61. The third-order valence-corrected chi connectivity index (χ3v) is 4.97. The summed E-state index contributed by atoms with van der Waals surface area (Å²) in [5, 5.41) is 0. The molecular formula is C16H24N2O. The van der Waals surface area contributed by atoms with Gasteiger partial charge in [0.05, 0.1) is 12.2 Å². The average Bonchev–Trinajstić information content (AvgIpc) is 2.85. The van der Waals surface area contributed by atoms with Crippen molar-refractivity contribution in [1.29, 1.82) is 0 Å². The Morgan fingerprint density at radius 2 is 2.05 bits per heavy atom. The Labute approximate surface area is 115 Å². The van der Waals surface area contributed by atoms with Gasteiger partial charge in [0.25, 0.3) is 0 Å². The highest BCUT2D eigenvalue weighted by atomic mass is 16.1. The third kappa shape index (κ3) is 2.76. The molecule has 1 aliphatic carbocycles. The molecule has 0 radical (unpaired) electrons. The number of carbonyl (C=O) groups excluding carboxylic acids is 1. The monoisotopic (exact) mass is 260 g/mol. The molecule has 3 rings (SSSR count). The van der Waals surface area contributed by atoms with Crippen LogP contribution >= 0.6 is 0 Å². The van der Waals surface area contributed by atoms with Crippen molar-refractivity contribution in [2.24, 2.45) is 18.9 Å². The Bertz CT molecular complexity index is 451. The Hall–Kier alpha value is -1.09. The molecular weight excluding hydrogens is 236 g/mol. The molecule has 3 heteroatoms. The van der Waals surface area contributed by atoms with Gasteiger partial charge in [0.15, 0.2) is 5.78 Å². The molecule has 104 valence electrons. The van der Waals surface area contributed by atoms with Crippen LogP contribution in [0.25, 0.3) is 0 Å². The number of Topliss-reactive ketones (excluding diaryl/α,β-unsaturated/α-hetero) is 1. The Morgan fingerprint density at radius 3 is 2.79 bits per heavy atom. The van der Waals surface area contributed by atoms with E-state index in [2.05, 4.69) is 4.90 Å². The maximum atomic E-state index is 12.3. The fourth-order valence-electron chi connectivity index (χ4n) is 3.85. The van der Waals surface area contributed by atoms with E-state index in [1.165, 1.54) is 32.1 Å². The number of piperidine rings is 1. The molecule has 0 unspecified atom stereocenters. The van der Waals surface area contributed by atoms with E-state index in [1.807, 2.05) is 29.9 Å². The highest BCUT2D eigenvalue weighted by Gasteiger charge is 2.31. The summed E-state index contributed by atoms with van der Waals surface area (Å²) in [7, 11) is 1.95. The van der Waals surface area contributed by atoms with Gasteiger partial charge >= 0.3 is 0 Å². The lowest BCUT2D eigenvalue weighted by Crippen LogP contribution is -2.44. The summed E-state index contributed by atoms with van der Waals surface area (Å²) in [6.07, 6.45) is 8.85. The first kappa shape index (κ1) is 12.9. The average molecular weight is 260 g/mol. The molecule has 3 nitrogen and oxygen atoms in total. The van der Waals surface area contributed by atoms with Crippen LogP contribution < -0.4 is 0 Å². The molecule has 1 saturated carbocycles. The largest absolute Gasteiger partial charge is 0.348 e. The second-order valence-electron chi connectivity index (χ2n) is 6.26. The minimum atomic E-state index is 0.266. The second-order valence-corrected chi connectivity index (χ2v) is 6.26. The van der Waals surface area contributed by atoms with Crippen molar-refractivity contribution in [2.45, 2.75) is 32.1 Å². The molecule has 0 N–H and O–H groups in total. The number of nitrogens with zero attached hydrogens (tertiary/aromatic N) is 2. The van der Waals surface area contributed by atoms with Gasteiger partial charge in [-0.15, -0.1) is 0 Å². The van der Waals surface area contributed by atoms with Gasteiger partial charge in [-0.1, -0.05) is 19.3 Å². The molecule has 1 aliphatic heterocycles. The lowest BCUT2D eigenvalue weighted by atomic mass is 9.75. The summed E-state index contributed by atoms with van der Waals surface area (Å²) in [6, 6.07) is 3.87. The number of hydrogen-bond donors (Lipinski definition) is 0. The number of likely N-dealkylation sites (tertiary alicyclic amines) is 1. The van der Waals surface area contributed by atoms with Crippen LogP contribution in [0.1, 0.15) is 42.6 Å². The van der Waals surface area contributed by atoms with E-state index in [0.29, 0.717) is 6.54 Å². The van der Waals surface area contributed by atoms with Crippen LogP contribution in [-0.2, 0) is 7.05 Å². The van der Waals surface area contributed by atoms with Crippen LogP contribution in [0.3, 0.4) is 0 Å². The number of aryl methyl sites for hydroxylation is 1. The number of aromatic nitrogens is 1. The quantitative estimate of drug-likeness (QED) is 0.781. The maximum Gasteiger partial charge on any atom is 0.193 e. The summed E-state index contributed by atoms with van der Waals surface area (Å²) in [5.41, 5.74) is 0.839. The SMILES string of the molecule is Cn1cccc1C(=O)CN1CC[C@@H]2CCCC[C@H]2C1. The minimum Gasteiger partial charge on any atom is -0.348 e. The molecule has 1 aromatic heterocycles. The van der Waals surface area contributed by atoms with Gasteiger partial charge in [-0.3, -0.25) is 9.69 Å².